The maximum absolute atomic E-state index is 8.91. The van der Waals surface area contributed by atoms with Crippen LogP contribution in [0.15, 0.2) is 22.7 Å². The number of halogens is 2. The van der Waals surface area contributed by atoms with E-state index in [9.17, 15) is 0 Å². The molecule has 3 nitrogen and oxygen atoms in total. The molecule has 1 saturated heterocycles. The lowest BCUT2D eigenvalue weighted by Crippen LogP contribution is -2.46. The highest BCUT2D eigenvalue weighted by molar-refractivity contribution is 9.10. The summed E-state index contributed by atoms with van der Waals surface area (Å²) in [5, 5.41) is 9.74. The third-order valence-corrected chi connectivity index (χ3v) is 4.14. The van der Waals surface area contributed by atoms with Crippen molar-refractivity contribution in [3.63, 3.8) is 0 Å². The summed E-state index contributed by atoms with van der Waals surface area (Å²) in [6, 6.07) is 5.98. The third-order valence-electron chi connectivity index (χ3n) is 3.28. The molecule has 5 heteroatoms. The van der Waals surface area contributed by atoms with Crippen molar-refractivity contribution < 1.29 is 5.11 Å². The van der Waals surface area contributed by atoms with E-state index in [0.717, 1.165) is 48.8 Å². The molecule has 0 atom stereocenters. The second kappa shape index (κ2) is 6.87. The predicted octanol–water partition coefficient (Wildman–Crippen LogP) is 2.21. The zero-order chi connectivity index (χ0) is 13.0. The quantitative estimate of drug-likeness (QED) is 0.915. The molecule has 1 aliphatic heterocycles. The fourth-order valence-corrected chi connectivity index (χ4v) is 2.80. The Morgan fingerprint density at radius 3 is 2.50 bits per heavy atom. The third kappa shape index (κ3) is 3.93. The Balaban J connectivity index is 1.89. The van der Waals surface area contributed by atoms with E-state index in [0.29, 0.717) is 0 Å². The number of rotatable bonds is 4. The molecule has 0 bridgehead atoms. The molecule has 0 spiro atoms. The molecule has 0 saturated carbocycles. The number of aliphatic hydroxyl groups excluding tert-OH is 1. The highest BCUT2D eigenvalue weighted by atomic mass is 79.9. The van der Waals surface area contributed by atoms with Gasteiger partial charge in [0, 0.05) is 48.8 Å². The van der Waals surface area contributed by atoms with Gasteiger partial charge in [0.1, 0.15) is 0 Å². The molecule has 0 unspecified atom stereocenters. The zero-order valence-electron chi connectivity index (χ0n) is 10.3. The summed E-state index contributed by atoms with van der Waals surface area (Å²) in [4.78, 5) is 4.69. The first-order chi connectivity index (χ1) is 8.69. The normalized spacial score (nSPS) is 18.2. The monoisotopic (exact) mass is 332 g/mol. The Kier molecular flexibility index (Phi) is 5.45. The first-order valence-corrected chi connectivity index (χ1v) is 7.35. The highest BCUT2D eigenvalue weighted by Gasteiger charge is 2.17. The first kappa shape index (κ1) is 14.3. The Hall–Kier alpha value is -0.130. The van der Waals surface area contributed by atoms with E-state index < -0.39 is 0 Å². The first-order valence-electron chi connectivity index (χ1n) is 6.18. The Labute approximate surface area is 121 Å². The molecule has 1 aromatic rings. The van der Waals surface area contributed by atoms with Crippen LogP contribution in [0.1, 0.15) is 5.56 Å². The average Bonchev–Trinajstić information content (AvgIpc) is 2.37. The van der Waals surface area contributed by atoms with Gasteiger partial charge < -0.3 is 5.11 Å². The van der Waals surface area contributed by atoms with Gasteiger partial charge in [0.05, 0.1) is 6.61 Å². The van der Waals surface area contributed by atoms with E-state index in [-0.39, 0.29) is 6.61 Å². The van der Waals surface area contributed by atoms with Crippen LogP contribution < -0.4 is 0 Å². The number of hydrogen-bond acceptors (Lipinski definition) is 3. The summed E-state index contributed by atoms with van der Waals surface area (Å²) in [5.41, 5.74) is 1.17. The van der Waals surface area contributed by atoms with Crippen molar-refractivity contribution in [3.8, 4) is 0 Å². The molecule has 100 valence electrons. The molecule has 0 aromatic heterocycles. The lowest BCUT2D eigenvalue weighted by molar-refractivity contribution is 0.108. The van der Waals surface area contributed by atoms with E-state index in [4.69, 9.17) is 16.7 Å². The van der Waals surface area contributed by atoms with Gasteiger partial charge in [0.2, 0.25) is 0 Å². The SMILES string of the molecule is OCCN1CCN(Cc2cc(Br)ccc2Cl)CC1. The number of piperazine rings is 1. The van der Waals surface area contributed by atoms with E-state index in [1.54, 1.807) is 0 Å². The highest BCUT2D eigenvalue weighted by Crippen LogP contribution is 2.22. The van der Waals surface area contributed by atoms with E-state index in [1.807, 2.05) is 12.1 Å². The number of hydrogen-bond donors (Lipinski definition) is 1. The van der Waals surface area contributed by atoms with Crippen molar-refractivity contribution in [2.24, 2.45) is 0 Å². The fraction of sp³-hybridized carbons (Fsp3) is 0.538. The number of aliphatic hydroxyl groups is 1. The van der Waals surface area contributed by atoms with Crippen LogP contribution in [0.25, 0.3) is 0 Å². The molecular weight excluding hydrogens is 316 g/mol. The predicted molar refractivity (Wildman–Crippen MR) is 78.0 cm³/mol. The van der Waals surface area contributed by atoms with Crippen LogP contribution in [0.4, 0.5) is 0 Å². The summed E-state index contributed by atoms with van der Waals surface area (Å²) < 4.78 is 1.07. The van der Waals surface area contributed by atoms with Gasteiger partial charge in [-0.1, -0.05) is 27.5 Å². The number of benzene rings is 1. The van der Waals surface area contributed by atoms with Crippen molar-refractivity contribution >= 4 is 27.5 Å². The summed E-state index contributed by atoms with van der Waals surface area (Å²) in [5.74, 6) is 0. The smallest absolute Gasteiger partial charge is 0.0558 e. The second-order valence-corrected chi connectivity index (χ2v) is 5.90. The maximum atomic E-state index is 8.91. The van der Waals surface area contributed by atoms with Crippen LogP contribution in [0.2, 0.25) is 5.02 Å². The van der Waals surface area contributed by atoms with Crippen molar-refractivity contribution in [2.75, 3.05) is 39.3 Å². The van der Waals surface area contributed by atoms with Gasteiger partial charge in [0.15, 0.2) is 0 Å². The molecular formula is C13H18BrClN2O. The van der Waals surface area contributed by atoms with Gasteiger partial charge in [-0.25, -0.2) is 0 Å². The van der Waals surface area contributed by atoms with Crippen LogP contribution in [-0.2, 0) is 6.54 Å². The standard InChI is InChI=1S/C13H18BrClN2O/c14-12-1-2-13(15)11(9-12)10-17-5-3-16(4-6-17)7-8-18/h1-2,9,18H,3-8,10H2. The lowest BCUT2D eigenvalue weighted by atomic mass is 10.2. The van der Waals surface area contributed by atoms with Crippen LogP contribution in [0.5, 0.6) is 0 Å². The molecule has 2 rings (SSSR count). The van der Waals surface area contributed by atoms with E-state index >= 15 is 0 Å². The van der Waals surface area contributed by atoms with Crippen molar-refractivity contribution in [1.29, 1.82) is 0 Å². The summed E-state index contributed by atoms with van der Waals surface area (Å²) >= 11 is 9.68. The van der Waals surface area contributed by atoms with E-state index in [1.165, 1.54) is 5.56 Å². The molecule has 0 amide bonds. The zero-order valence-corrected chi connectivity index (χ0v) is 12.6. The lowest BCUT2D eigenvalue weighted by Gasteiger charge is -2.34. The molecule has 1 fully saturated rings. The van der Waals surface area contributed by atoms with Crippen molar-refractivity contribution in [2.45, 2.75) is 6.54 Å². The largest absolute Gasteiger partial charge is 0.395 e. The maximum Gasteiger partial charge on any atom is 0.0558 e. The van der Waals surface area contributed by atoms with Crippen molar-refractivity contribution in [3.05, 3.63) is 33.3 Å². The minimum absolute atomic E-state index is 0.247. The topological polar surface area (TPSA) is 26.7 Å². The number of β-amino-alcohol motifs (C(OH)–C–C–N with tert-alkyl or cyclic N) is 1. The van der Waals surface area contributed by atoms with Crippen molar-refractivity contribution in [1.82, 2.24) is 9.80 Å². The molecule has 18 heavy (non-hydrogen) atoms. The fourth-order valence-electron chi connectivity index (χ4n) is 2.22. The minimum atomic E-state index is 0.247. The van der Waals surface area contributed by atoms with Gasteiger partial charge >= 0.3 is 0 Å². The van der Waals surface area contributed by atoms with Crippen LogP contribution in [-0.4, -0.2) is 54.2 Å². The molecule has 0 radical (unpaired) electrons. The van der Waals surface area contributed by atoms with Gasteiger partial charge in [-0.05, 0) is 23.8 Å². The van der Waals surface area contributed by atoms with Crippen LogP contribution in [0, 0.1) is 0 Å². The molecule has 1 aliphatic rings. The van der Waals surface area contributed by atoms with Gasteiger partial charge in [0.25, 0.3) is 0 Å². The minimum Gasteiger partial charge on any atom is -0.395 e. The second-order valence-electron chi connectivity index (χ2n) is 4.58. The molecule has 1 aromatic carbocycles. The van der Waals surface area contributed by atoms with Gasteiger partial charge in [-0.3, -0.25) is 9.80 Å². The van der Waals surface area contributed by atoms with Crippen LogP contribution in [0.3, 0.4) is 0 Å². The average molecular weight is 334 g/mol. The molecule has 1 N–H and O–H groups in total. The summed E-state index contributed by atoms with van der Waals surface area (Å²) in [6.07, 6.45) is 0. The Morgan fingerprint density at radius 2 is 1.83 bits per heavy atom. The van der Waals surface area contributed by atoms with Gasteiger partial charge in [-0.15, -0.1) is 0 Å². The Morgan fingerprint density at radius 1 is 1.17 bits per heavy atom. The summed E-state index contributed by atoms with van der Waals surface area (Å²) in [6.45, 7) is 6.03. The van der Waals surface area contributed by atoms with Gasteiger partial charge in [-0.2, -0.15) is 0 Å². The van der Waals surface area contributed by atoms with E-state index in [2.05, 4.69) is 31.8 Å². The van der Waals surface area contributed by atoms with Crippen LogP contribution >= 0.6 is 27.5 Å². The summed E-state index contributed by atoms with van der Waals surface area (Å²) in [7, 11) is 0. The molecule has 1 heterocycles. The molecule has 0 aliphatic carbocycles. The Bertz CT molecular complexity index is 395. The number of nitrogens with zero attached hydrogens (tertiary/aromatic N) is 2.